The van der Waals surface area contributed by atoms with Crippen molar-refractivity contribution in [3.63, 3.8) is 0 Å². The van der Waals surface area contributed by atoms with Crippen molar-refractivity contribution >= 4 is 23.5 Å². The van der Waals surface area contributed by atoms with Gasteiger partial charge in [-0.25, -0.2) is 9.59 Å². The van der Waals surface area contributed by atoms with Crippen LogP contribution >= 0.6 is 0 Å². The molecular weight excluding hydrogens is 362 g/mol. The van der Waals surface area contributed by atoms with Gasteiger partial charge < -0.3 is 19.5 Å². The van der Waals surface area contributed by atoms with Crippen molar-refractivity contribution in [2.24, 2.45) is 0 Å². The normalized spacial score (nSPS) is 10.2. The summed E-state index contributed by atoms with van der Waals surface area (Å²) in [7, 11) is 2.45. The van der Waals surface area contributed by atoms with Crippen LogP contribution in [0.4, 0.5) is 5.69 Å². The molecule has 0 unspecified atom stereocenters. The monoisotopic (exact) mass is 385 g/mol. The molecule has 7 heteroatoms. The predicted molar refractivity (Wildman–Crippen MR) is 104 cm³/mol. The average Bonchev–Trinajstić information content (AvgIpc) is 2.68. The molecule has 0 aromatic heterocycles. The van der Waals surface area contributed by atoms with Gasteiger partial charge in [0.25, 0.3) is 5.91 Å². The first-order valence-electron chi connectivity index (χ1n) is 8.57. The van der Waals surface area contributed by atoms with E-state index in [-0.39, 0.29) is 23.4 Å². The Bertz CT molecular complexity index is 885. The largest absolute Gasteiger partial charge is 0.483 e. The molecule has 7 nitrogen and oxygen atoms in total. The van der Waals surface area contributed by atoms with Crippen molar-refractivity contribution in [3.05, 3.63) is 58.1 Å². The Morgan fingerprint density at radius 2 is 1.32 bits per heavy atom. The minimum absolute atomic E-state index is 0.117. The van der Waals surface area contributed by atoms with Gasteiger partial charge >= 0.3 is 11.9 Å². The standard InChI is InChI=1S/C21H23NO6/c1-12-6-14(3)18(7-13(12)2)28-11-19(23)22-17-9-15(20(24)26-4)8-16(10-17)21(25)27-5/h6-10H,11H2,1-5H3,(H,22,23). The molecule has 0 radical (unpaired) electrons. The number of rotatable bonds is 6. The van der Waals surface area contributed by atoms with Crippen LogP contribution in [0.5, 0.6) is 5.75 Å². The molecule has 0 spiro atoms. The van der Waals surface area contributed by atoms with Crippen LogP contribution in [-0.2, 0) is 14.3 Å². The Labute approximate surface area is 163 Å². The van der Waals surface area contributed by atoms with Gasteiger partial charge in [-0.3, -0.25) is 4.79 Å². The summed E-state index contributed by atoms with van der Waals surface area (Å²) in [5.74, 6) is -1.08. The summed E-state index contributed by atoms with van der Waals surface area (Å²) < 4.78 is 15.0. The molecule has 0 saturated carbocycles. The van der Waals surface area contributed by atoms with Crippen LogP contribution in [0.1, 0.15) is 37.4 Å². The molecule has 2 rings (SSSR count). The second-order valence-corrected chi connectivity index (χ2v) is 6.32. The second kappa shape index (κ2) is 9.03. The number of carbonyl (C=O) groups excluding carboxylic acids is 3. The highest BCUT2D eigenvalue weighted by Crippen LogP contribution is 2.22. The van der Waals surface area contributed by atoms with E-state index in [1.807, 2.05) is 32.9 Å². The molecule has 0 fully saturated rings. The maximum atomic E-state index is 12.3. The zero-order chi connectivity index (χ0) is 20.8. The smallest absolute Gasteiger partial charge is 0.337 e. The van der Waals surface area contributed by atoms with Crippen molar-refractivity contribution in [3.8, 4) is 5.75 Å². The molecule has 2 aromatic carbocycles. The molecule has 0 bridgehead atoms. The third-order valence-electron chi connectivity index (χ3n) is 4.21. The SMILES string of the molecule is COC(=O)c1cc(NC(=O)COc2cc(C)c(C)cc2C)cc(C(=O)OC)c1. The van der Waals surface area contributed by atoms with Crippen LogP contribution in [0.2, 0.25) is 0 Å². The Hall–Kier alpha value is -3.35. The lowest BCUT2D eigenvalue weighted by atomic mass is 10.1. The van der Waals surface area contributed by atoms with Crippen molar-refractivity contribution in [1.82, 2.24) is 0 Å². The lowest BCUT2D eigenvalue weighted by Gasteiger charge is -2.13. The molecule has 0 aliphatic heterocycles. The number of hydrogen-bond acceptors (Lipinski definition) is 6. The Balaban J connectivity index is 2.15. The van der Waals surface area contributed by atoms with Crippen LogP contribution in [-0.4, -0.2) is 38.7 Å². The Morgan fingerprint density at radius 1 is 0.786 bits per heavy atom. The Kier molecular flexibility index (Phi) is 6.76. The molecule has 0 aliphatic rings. The lowest BCUT2D eigenvalue weighted by molar-refractivity contribution is -0.118. The highest BCUT2D eigenvalue weighted by Gasteiger charge is 2.15. The van der Waals surface area contributed by atoms with E-state index in [2.05, 4.69) is 14.8 Å². The maximum absolute atomic E-state index is 12.3. The van der Waals surface area contributed by atoms with Crippen LogP contribution < -0.4 is 10.1 Å². The van der Waals surface area contributed by atoms with E-state index in [0.717, 1.165) is 16.7 Å². The first kappa shape index (κ1) is 21.0. The fourth-order valence-corrected chi connectivity index (χ4v) is 2.60. The predicted octanol–water partition coefficient (Wildman–Crippen LogP) is 3.20. The lowest BCUT2D eigenvalue weighted by Crippen LogP contribution is -2.21. The van der Waals surface area contributed by atoms with E-state index >= 15 is 0 Å². The maximum Gasteiger partial charge on any atom is 0.337 e. The van der Waals surface area contributed by atoms with E-state index in [0.29, 0.717) is 5.75 Å². The number of ether oxygens (including phenoxy) is 3. The first-order valence-corrected chi connectivity index (χ1v) is 8.57. The van der Waals surface area contributed by atoms with Gasteiger partial charge in [-0.2, -0.15) is 0 Å². The number of aryl methyl sites for hydroxylation is 3. The zero-order valence-corrected chi connectivity index (χ0v) is 16.5. The van der Waals surface area contributed by atoms with E-state index in [1.165, 1.54) is 32.4 Å². The van der Waals surface area contributed by atoms with Crippen molar-refractivity contribution in [2.75, 3.05) is 26.1 Å². The minimum Gasteiger partial charge on any atom is -0.483 e. The minimum atomic E-state index is -0.636. The number of anilines is 1. The van der Waals surface area contributed by atoms with Gasteiger partial charge in [0.1, 0.15) is 5.75 Å². The van der Waals surface area contributed by atoms with E-state index in [9.17, 15) is 14.4 Å². The van der Waals surface area contributed by atoms with E-state index in [4.69, 9.17) is 4.74 Å². The van der Waals surface area contributed by atoms with Crippen molar-refractivity contribution in [1.29, 1.82) is 0 Å². The van der Waals surface area contributed by atoms with Crippen molar-refractivity contribution < 1.29 is 28.6 Å². The van der Waals surface area contributed by atoms with Gasteiger partial charge in [0.2, 0.25) is 0 Å². The van der Waals surface area contributed by atoms with Crippen LogP contribution in [0.3, 0.4) is 0 Å². The molecule has 2 aromatic rings. The van der Waals surface area contributed by atoms with Gasteiger partial charge in [-0.05, 0) is 61.7 Å². The molecule has 0 heterocycles. The highest BCUT2D eigenvalue weighted by molar-refractivity contribution is 5.99. The third kappa shape index (κ3) is 5.09. The first-order chi connectivity index (χ1) is 13.2. The zero-order valence-electron chi connectivity index (χ0n) is 16.5. The number of benzene rings is 2. The fraction of sp³-hybridized carbons (Fsp3) is 0.286. The summed E-state index contributed by atoms with van der Waals surface area (Å²) >= 11 is 0. The molecule has 1 amide bonds. The van der Waals surface area contributed by atoms with Crippen LogP contribution in [0, 0.1) is 20.8 Å². The fourth-order valence-electron chi connectivity index (χ4n) is 2.60. The van der Waals surface area contributed by atoms with Crippen molar-refractivity contribution in [2.45, 2.75) is 20.8 Å². The van der Waals surface area contributed by atoms with Crippen LogP contribution in [0.25, 0.3) is 0 Å². The van der Waals surface area contributed by atoms with Crippen LogP contribution in [0.15, 0.2) is 30.3 Å². The quantitative estimate of drug-likeness (QED) is 0.768. The summed E-state index contributed by atoms with van der Waals surface area (Å²) in [5, 5.41) is 2.62. The molecule has 0 aliphatic carbocycles. The second-order valence-electron chi connectivity index (χ2n) is 6.32. The highest BCUT2D eigenvalue weighted by atomic mass is 16.5. The number of methoxy groups -OCH3 is 2. The molecular formula is C21H23NO6. The third-order valence-corrected chi connectivity index (χ3v) is 4.21. The van der Waals surface area contributed by atoms with Gasteiger partial charge in [-0.1, -0.05) is 6.07 Å². The van der Waals surface area contributed by atoms with E-state index in [1.54, 1.807) is 0 Å². The summed E-state index contributed by atoms with van der Waals surface area (Å²) in [4.78, 5) is 35.9. The summed E-state index contributed by atoms with van der Waals surface area (Å²) in [6, 6.07) is 8.04. The van der Waals surface area contributed by atoms with Gasteiger partial charge in [0, 0.05) is 5.69 Å². The van der Waals surface area contributed by atoms with Gasteiger partial charge in [0.05, 0.1) is 25.3 Å². The topological polar surface area (TPSA) is 90.9 Å². The number of amides is 1. The van der Waals surface area contributed by atoms with Gasteiger partial charge in [0.15, 0.2) is 6.61 Å². The molecule has 0 saturated heterocycles. The molecule has 28 heavy (non-hydrogen) atoms. The molecule has 148 valence electrons. The summed E-state index contributed by atoms with van der Waals surface area (Å²) in [6.45, 7) is 5.65. The number of nitrogens with one attached hydrogen (secondary N) is 1. The van der Waals surface area contributed by atoms with E-state index < -0.39 is 17.8 Å². The van der Waals surface area contributed by atoms with Gasteiger partial charge in [-0.15, -0.1) is 0 Å². The Morgan fingerprint density at radius 3 is 1.86 bits per heavy atom. The number of esters is 2. The number of carbonyl (C=O) groups is 3. The molecule has 1 N–H and O–H groups in total. The summed E-state index contributed by atoms with van der Waals surface area (Å²) in [5.41, 5.74) is 3.63. The summed E-state index contributed by atoms with van der Waals surface area (Å²) in [6.07, 6.45) is 0. The molecule has 0 atom stereocenters. The average molecular weight is 385 g/mol. The number of hydrogen-bond donors (Lipinski definition) is 1.